The Hall–Kier alpha value is -2.65. The number of carbonyl (C=O) groups excluding carboxylic acids is 2. The molecule has 0 saturated carbocycles. The number of amides is 2. The first-order valence-electron chi connectivity index (χ1n) is 8.09. The number of thiazole rings is 1. The van der Waals surface area contributed by atoms with Crippen LogP contribution in [0.25, 0.3) is 4.96 Å². The molecule has 140 valence electrons. The van der Waals surface area contributed by atoms with Crippen LogP contribution in [0.2, 0.25) is 0 Å². The van der Waals surface area contributed by atoms with Gasteiger partial charge in [-0.3, -0.25) is 18.8 Å². The van der Waals surface area contributed by atoms with Gasteiger partial charge < -0.3 is 10.2 Å². The second-order valence-electron chi connectivity index (χ2n) is 5.96. The van der Waals surface area contributed by atoms with Crippen molar-refractivity contribution in [2.75, 3.05) is 25.2 Å². The number of fused-ring (bicyclic) bond motifs is 1. The summed E-state index contributed by atoms with van der Waals surface area (Å²) in [5, 5.41) is 4.60. The average molecular weight is 403 g/mol. The van der Waals surface area contributed by atoms with E-state index >= 15 is 0 Å². The lowest BCUT2D eigenvalue weighted by atomic mass is 10.2. The number of anilines is 1. The van der Waals surface area contributed by atoms with Crippen LogP contribution >= 0.6 is 23.1 Å². The molecular formula is C18H18N4O3S2. The highest BCUT2D eigenvalue weighted by Gasteiger charge is 2.09. The summed E-state index contributed by atoms with van der Waals surface area (Å²) in [6.45, 7) is 0. The minimum Gasteiger partial charge on any atom is -0.345 e. The van der Waals surface area contributed by atoms with E-state index in [2.05, 4.69) is 10.3 Å². The first-order valence-corrected chi connectivity index (χ1v) is 10.1. The molecule has 3 rings (SSSR count). The molecule has 0 radical (unpaired) electrons. The standard InChI is InChI=1S/C18H18N4O3S2/c1-21(2)17(25)12-3-5-13(6-4-12)19-15(23)11-26-10-14-9-16(24)22-7-8-27-18(22)20-14/h3-9H,10-11H2,1-2H3,(H,19,23). The molecule has 0 aliphatic carbocycles. The lowest BCUT2D eigenvalue weighted by Gasteiger charge is -2.11. The first kappa shape index (κ1) is 19.1. The van der Waals surface area contributed by atoms with Gasteiger partial charge in [-0.25, -0.2) is 4.98 Å². The van der Waals surface area contributed by atoms with E-state index in [1.54, 1.807) is 44.6 Å². The Kier molecular flexibility index (Phi) is 5.92. The Bertz CT molecular complexity index is 1030. The second-order valence-corrected chi connectivity index (χ2v) is 7.82. The number of rotatable bonds is 6. The third kappa shape index (κ3) is 4.75. The van der Waals surface area contributed by atoms with Gasteiger partial charge in [-0.15, -0.1) is 23.1 Å². The number of aromatic nitrogens is 2. The van der Waals surface area contributed by atoms with Gasteiger partial charge in [-0.05, 0) is 24.3 Å². The van der Waals surface area contributed by atoms with Crippen LogP contribution in [0.1, 0.15) is 16.1 Å². The van der Waals surface area contributed by atoms with Crippen LogP contribution in [0.15, 0.2) is 46.7 Å². The molecule has 0 unspecified atom stereocenters. The third-order valence-electron chi connectivity index (χ3n) is 3.66. The summed E-state index contributed by atoms with van der Waals surface area (Å²) in [7, 11) is 3.38. The smallest absolute Gasteiger partial charge is 0.258 e. The number of carbonyl (C=O) groups is 2. The molecule has 0 bridgehead atoms. The second kappa shape index (κ2) is 8.36. The molecule has 0 saturated heterocycles. The number of nitrogens with one attached hydrogen (secondary N) is 1. The van der Waals surface area contributed by atoms with Crippen molar-refractivity contribution in [3.8, 4) is 0 Å². The van der Waals surface area contributed by atoms with Gasteiger partial charge in [-0.1, -0.05) is 0 Å². The van der Waals surface area contributed by atoms with Crippen LogP contribution in [0.5, 0.6) is 0 Å². The van der Waals surface area contributed by atoms with E-state index in [1.807, 2.05) is 5.38 Å². The summed E-state index contributed by atoms with van der Waals surface area (Å²) < 4.78 is 1.50. The van der Waals surface area contributed by atoms with E-state index in [4.69, 9.17) is 0 Å². The monoisotopic (exact) mass is 402 g/mol. The van der Waals surface area contributed by atoms with Crippen molar-refractivity contribution in [1.82, 2.24) is 14.3 Å². The highest BCUT2D eigenvalue weighted by atomic mass is 32.2. The maximum Gasteiger partial charge on any atom is 0.258 e. The van der Waals surface area contributed by atoms with E-state index < -0.39 is 0 Å². The summed E-state index contributed by atoms with van der Waals surface area (Å²) in [5.74, 6) is 0.479. The molecule has 0 atom stereocenters. The Balaban J connectivity index is 1.52. The third-order valence-corrected chi connectivity index (χ3v) is 5.38. The molecule has 1 N–H and O–H groups in total. The van der Waals surface area contributed by atoms with Gasteiger partial charge in [0.15, 0.2) is 4.96 Å². The zero-order valence-corrected chi connectivity index (χ0v) is 16.5. The van der Waals surface area contributed by atoms with Gasteiger partial charge in [0, 0.05) is 48.7 Å². The molecule has 7 nitrogen and oxygen atoms in total. The maximum atomic E-state index is 12.1. The van der Waals surface area contributed by atoms with E-state index in [-0.39, 0.29) is 23.1 Å². The highest BCUT2D eigenvalue weighted by molar-refractivity contribution is 7.99. The minimum absolute atomic E-state index is 0.0884. The van der Waals surface area contributed by atoms with Crippen LogP contribution in [0, 0.1) is 0 Å². The van der Waals surface area contributed by atoms with Crippen molar-refractivity contribution in [1.29, 1.82) is 0 Å². The number of hydrogen-bond donors (Lipinski definition) is 1. The van der Waals surface area contributed by atoms with Crippen LogP contribution < -0.4 is 10.9 Å². The molecule has 0 aliphatic rings. The summed E-state index contributed by atoms with van der Waals surface area (Å²) in [4.78, 5) is 42.4. The van der Waals surface area contributed by atoms with E-state index in [1.165, 1.54) is 38.5 Å². The van der Waals surface area contributed by atoms with Crippen LogP contribution in [0.4, 0.5) is 5.69 Å². The number of thioether (sulfide) groups is 1. The quantitative estimate of drug-likeness (QED) is 0.684. The van der Waals surface area contributed by atoms with Crippen LogP contribution in [-0.2, 0) is 10.5 Å². The number of hydrogen-bond acceptors (Lipinski definition) is 6. The van der Waals surface area contributed by atoms with E-state index in [9.17, 15) is 14.4 Å². The van der Waals surface area contributed by atoms with Crippen molar-refractivity contribution in [3.63, 3.8) is 0 Å². The molecule has 0 spiro atoms. The Labute approximate surface area is 164 Å². The molecule has 1 aromatic carbocycles. The van der Waals surface area contributed by atoms with Crippen LogP contribution in [-0.4, -0.2) is 45.9 Å². The highest BCUT2D eigenvalue weighted by Crippen LogP contribution is 2.14. The molecular weight excluding hydrogens is 384 g/mol. The van der Waals surface area contributed by atoms with Gasteiger partial charge in [0.2, 0.25) is 5.91 Å². The van der Waals surface area contributed by atoms with Crippen molar-refractivity contribution in [2.24, 2.45) is 0 Å². The van der Waals surface area contributed by atoms with Gasteiger partial charge >= 0.3 is 0 Å². The zero-order valence-electron chi connectivity index (χ0n) is 14.8. The fourth-order valence-electron chi connectivity index (χ4n) is 2.36. The Morgan fingerprint density at radius 2 is 2.00 bits per heavy atom. The van der Waals surface area contributed by atoms with Crippen molar-refractivity contribution >= 4 is 45.6 Å². The number of benzene rings is 1. The Morgan fingerprint density at radius 3 is 2.70 bits per heavy atom. The van der Waals surface area contributed by atoms with Gasteiger partial charge in [0.1, 0.15) is 0 Å². The molecule has 3 aromatic rings. The molecule has 2 aromatic heterocycles. The minimum atomic E-state index is -0.152. The molecule has 9 heteroatoms. The topological polar surface area (TPSA) is 83.8 Å². The van der Waals surface area contributed by atoms with Gasteiger partial charge in [0.25, 0.3) is 11.5 Å². The van der Waals surface area contributed by atoms with Gasteiger partial charge in [-0.2, -0.15) is 0 Å². The fraction of sp³-hybridized carbons (Fsp3) is 0.222. The zero-order chi connectivity index (χ0) is 19.4. The van der Waals surface area contributed by atoms with Crippen LogP contribution in [0.3, 0.4) is 0 Å². The Morgan fingerprint density at radius 1 is 1.26 bits per heavy atom. The molecule has 0 aliphatic heterocycles. The lowest BCUT2D eigenvalue weighted by molar-refractivity contribution is -0.113. The summed E-state index contributed by atoms with van der Waals surface area (Å²) in [6.07, 6.45) is 1.69. The molecule has 2 heterocycles. The van der Waals surface area contributed by atoms with Gasteiger partial charge in [0.05, 0.1) is 11.4 Å². The molecule has 27 heavy (non-hydrogen) atoms. The molecule has 0 fully saturated rings. The fourth-order valence-corrected chi connectivity index (χ4v) is 3.82. The number of nitrogens with zero attached hydrogens (tertiary/aromatic N) is 3. The lowest BCUT2D eigenvalue weighted by Crippen LogP contribution is -2.21. The maximum absolute atomic E-state index is 12.1. The first-order chi connectivity index (χ1) is 12.9. The molecule has 2 amide bonds. The summed E-state index contributed by atoms with van der Waals surface area (Å²) >= 11 is 2.78. The summed E-state index contributed by atoms with van der Waals surface area (Å²) in [6, 6.07) is 8.25. The van der Waals surface area contributed by atoms with E-state index in [0.717, 1.165) is 0 Å². The largest absolute Gasteiger partial charge is 0.345 e. The predicted molar refractivity (Wildman–Crippen MR) is 109 cm³/mol. The van der Waals surface area contributed by atoms with Crippen molar-refractivity contribution < 1.29 is 9.59 Å². The summed E-state index contributed by atoms with van der Waals surface area (Å²) in [5.41, 5.74) is 1.74. The van der Waals surface area contributed by atoms with Crippen molar-refractivity contribution in [3.05, 3.63) is 63.5 Å². The SMILES string of the molecule is CN(C)C(=O)c1ccc(NC(=O)CSCc2cc(=O)n3ccsc3n2)cc1. The normalized spacial score (nSPS) is 10.7. The predicted octanol–water partition coefficient (Wildman–Crippen LogP) is 2.33. The van der Waals surface area contributed by atoms with E-state index in [0.29, 0.717) is 27.7 Å². The average Bonchev–Trinajstić information content (AvgIpc) is 3.11. The van der Waals surface area contributed by atoms with Crippen molar-refractivity contribution in [2.45, 2.75) is 5.75 Å².